The van der Waals surface area contributed by atoms with Crippen LogP contribution in [0, 0.1) is 0 Å². The second-order valence-electron chi connectivity index (χ2n) is 7.10. The molecule has 9 heteroatoms. The Morgan fingerprint density at radius 3 is 2.61 bits per heavy atom. The van der Waals surface area contributed by atoms with E-state index in [9.17, 15) is 13.2 Å². The molecular weight excluding hydrogens is 462 g/mol. The summed E-state index contributed by atoms with van der Waals surface area (Å²) in [5.74, 6) is -0.165. The highest BCUT2D eigenvalue weighted by Gasteiger charge is 2.30. The molecule has 1 aromatic heterocycles. The van der Waals surface area contributed by atoms with Gasteiger partial charge >= 0.3 is 0 Å². The molecule has 1 aromatic carbocycles. The van der Waals surface area contributed by atoms with Crippen LogP contribution in [0.4, 0.5) is 5.69 Å². The average molecular weight is 486 g/mol. The molecule has 2 N–H and O–H groups in total. The van der Waals surface area contributed by atoms with Crippen molar-refractivity contribution in [2.24, 2.45) is 0 Å². The second kappa shape index (κ2) is 8.52. The average Bonchev–Trinajstić information content (AvgIpc) is 2.97. The lowest BCUT2D eigenvalue weighted by atomic mass is 9.96. The van der Waals surface area contributed by atoms with Gasteiger partial charge in [-0.3, -0.25) is 14.4 Å². The Kier molecular flexibility index (Phi) is 6.48. The standard InChI is InChI=1S/C19H24BrN3O3S2/c1-12-10-17-16(11-18(20)27-17)13(2)23(12)9-8-21-19(24)14-4-6-15(7-5-14)22-28(3,25)26/h4-7,11-13,22H,8-10H2,1-3H3,(H,21,24). The van der Waals surface area contributed by atoms with Crippen molar-refractivity contribution in [3.8, 4) is 0 Å². The minimum atomic E-state index is -3.33. The van der Waals surface area contributed by atoms with E-state index in [4.69, 9.17) is 0 Å². The Labute approximate surface area is 178 Å². The summed E-state index contributed by atoms with van der Waals surface area (Å²) >= 11 is 5.39. The second-order valence-corrected chi connectivity index (χ2v) is 11.4. The highest BCUT2D eigenvalue weighted by molar-refractivity contribution is 9.11. The van der Waals surface area contributed by atoms with Gasteiger partial charge in [-0.25, -0.2) is 8.42 Å². The molecule has 152 valence electrons. The fourth-order valence-corrected chi connectivity index (χ4v) is 6.08. The predicted octanol–water partition coefficient (Wildman–Crippen LogP) is 3.62. The number of amides is 1. The monoisotopic (exact) mass is 485 g/mol. The number of hydrogen-bond acceptors (Lipinski definition) is 5. The van der Waals surface area contributed by atoms with Gasteiger partial charge in [-0.15, -0.1) is 11.3 Å². The van der Waals surface area contributed by atoms with E-state index in [-0.39, 0.29) is 5.91 Å². The lowest BCUT2D eigenvalue weighted by Crippen LogP contribution is -2.44. The van der Waals surface area contributed by atoms with Crippen molar-refractivity contribution in [1.29, 1.82) is 0 Å². The summed E-state index contributed by atoms with van der Waals surface area (Å²) in [7, 11) is -3.33. The molecule has 0 fully saturated rings. The number of carbonyl (C=O) groups is 1. The topological polar surface area (TPSA) is 78.5 Å². The van der Waals surface area contributed by atoms with E-state index >= 15 is 0 Å². The largest absolute Gasteiger partial charge is 0.351 e. The molecule has 0 saturated heterocycles. The third-order valence-corrected chi connectivity index (χ3v) is 7.19. The molecular formula is C19H24BrN3O3S2. The number of halogens is 1. The smallest absolute Gasteiger partial charge is 0.251 e. The van der Waals surface area contributed by atoms with Crippen molar-refractivity contribution >= 4 is 48.9 Å². The van der Waals surface area contributed by atoms with Crippen molar-refractivity contribution in [2.45, 2.75) is 32.4 Å². The van der Waals surface area contributed by atoms with Crippen molar-refractivity contribution < 1.29 is 13.2 Å². The van der Waals surface area contributed by atoms with Crippen LogP contribution in [-0.2, 0) is 16.4 Å². The Morgan fingerprint density at radius 2 is 1.96 bits per heavy atom. The highest BCUT2D eigenvalue weighted by Crippen LogP contribution is 2.39. The fraction of sp³-hybridized carbons (Fsp3) is 0.421. The summed E-state index contributed by atoms with van der Waals surface area (Å²) in [6.07, 6.45) is 2.12. The van der Waals surface area contributed by atoms with Crippen LogP contribution in [0.2, 0.25) is 0 Å². The quantitative estimate of drug-likeness (QED) is 0.654. The minimum absolute atomic E-state index is 0.165. The summed E-state index contributed by atoms with van der Waals surface area (Å²) < 4.78 is 26.0. The fourth-order valence-electron chi connectivity index (χ4n) is 3.59. The maximum absolute atomic E-state index is 12.4. The summed E-state index contributed by atoms with van der Waals surface area (Å²) in [6, 6.07) is 9.34. The molecule has 0 saturated carbocycles. The van der Waals surface area contributed by atoms with E-state index in [1.165, 1.54) is 14.2 Å². The van der Waals surface area contributed by atoms with E-state index < -0.39 is 10.0 Å². The van der Waals surface area contributed by atoms with Crippen molar-refractivity contribution in [3.63, 3.8) is 0 Å². The highest BCUT2D eigenvalue weighted by atomic mass is 79.9. The van der Waals surface area contributed by atoms with E-state index in [0.717, 1.165) is 19.2 Å². The molecule has 2 heterocycles. The molecule has 2 aromatic rings. The van der Waals surface area contributed by atoms with Gasteiger partial charge in [0.05, 0.1) is 10.0 Å². The normalized spacial score (nSPS) is 19.9. The summed E-state index contributed by atoms with van der Waals surface area (Å²) in [4.78, 5) is 16.2. The third-order valence-electron chi connectivity index (χ3n) is 4.91. The molecule has 2 unspecified atom stereocenters. The number of carbonyl (C=O) groups excluding carboxylic acids is 1. The first kappa shape index (κ1) is 21.3. The molecule has 1 amide bonds. The Morgan fingerprint density at radius 1 is 1.29 bits per heavy atom. The zero-order valence-corrected chi connectivity index (χ0v) is 19.2. The zero-order valence-electron chi connectivity index (χ0n) is 16.0. The van der Waals surface area contributed by atoms with Crippen molar-refractivity contribution in [2.75, 3.05) is 24.1 Å². The predicted molar refractivity (Wildman–Crippen MR) is 118 cm³/mol. The van der Waals surface area contributed by atoms with Gasteiger partial charge in [0.1, 0.15) is 0 Å². The molecule has 1 aliphatic heterocycles. The van der Waals surface area contributed by atoms with Crippen molar-refractivity contribution in [3.05, 3.63) is 50.1 Å². The van der Waals surface area contributed by atoms with E-state index in [2.05, 4.69) is 50.8 Å². The van der Waals surface area contributed by atoms with Gasteiger partial charge in [0.2, 0.25) is 10.0 Å². The van der Waals surface area contributed by atoms with Crippen molar-refractivity contribution in [1.82, 2.24) is 10.2 Å². The van der Waals surface area contributed by atoms with Gasteiger partial charge in [0, 0.05) is 41.3 Å². The van der Waals surface area contributed by atoms with E-state index in [0.29, 0.717) is 29.9 Å². The minimum Gasteiger partial charge on any atom is -0.351 e. The number of nitrogens with zero attached hydrogens (tertiary/aromatic N) is 1. The number of hydrogen-bond donors (Lipinski definition) is 2. The number of benzene rings is 1. The first-order valence-corrected chi connectivity index (χ1v) is 12.5. The van der Waals surface area contributed by atoms with Crippen LogP contribution in [0.3, 0.4) is 0 Å². The van der Waals surface area contributed by atoms with Crippen LogP contribution >= 0.6 is 27.3 Å². The molecule has 0 radical (unpaired) electrons. The number of nitrogens with one attached hydrogen (secondary N) is 2. The van der Waals surface area contributed by atoms with Gasteiger partial charge in [0.25, 0.3) is 5.91 Å². The number of rotatable bonds is 6. The van der Waals surface area contributed by atoms with Crippen LogP contribution in [0.5, 0.6) is 0 Å². The van der Waals surface area contributed by atoms with Gasteiger partial charge in [-0.2, -0.15) is 0 Å². The van der Waals surface area contributed by atoms with Gasteiger partial charge in [0.15, 0.2) is 0 Å². The van der Waals surface area contributed by atoms with Gasteiger partial charge < -0.3 is 5.32 Å². The number of fused-ring (bicyclic) bond motifs is 1. The summed E-state index contributed by atoms with van der Waals surface area (Å²) in [5.41, 5.74) is 2.31. The van der Waals surface area contributed by atoms with Crippen LogP contribution in [0.25, 0.3) is 0 Å². The molecule has 2 atom stereocenters. The molecule has 28 heavy (non-hydrogen) atoms. The van der Waals surface area contributed by atoms with E-state index in [1.807, 2.05) is 11.3 Å². The molecule has 0 spiro atoms. The summed E-state index contributed by atoms with van der Waals surface area (Å²) in [5, 5.41) is 2.96. The first-order valence-electron chi connectivity index (χ1n) is 9.04. The third kappa shape index (κ3) is 5.14. The molecule has 1 aliphatic rings. The molecule has 3 rings (SSSR count). The van der Waals surface area contributed by atoms with Crippen LogP contribution in [0.1, 0.15) is 40.7 Å². The van der Waals surface area contributed by atoms with Crippen LogP contribution in [-0.4, -0.2) is 44.6 Å². The number of thiophene rings is 1. The van der Waals surface area contributed by atoms with Gasteiger partial charge in [-0.05, 0) is 72.1 Å². The van der Waals surface area contributed by atoms with Gasteiger partial charge in [-0.1, -0.05) is 0 Å². The Bertz CT molecular complexity index is 957. The van der Waals surface area contributed by atoms with E-state index in [1.54, 1.807) is 24.3 Å². The maximum Gasteiger partial charge on any atom is 0.251 e. The number of anilines is 1. The first-order chi connectivity index (χ1) is 13.1. The molecule has 6 nitrogen and oxygen atoms in total. The molecule has 0 aliphatic carbocycles. The van der Waals surface area contributed by atoms with Crippen LogP contribution < -0.4 is 10.0 Å². The Balaban J connectivity index is 1.55. The van der Waals surface area contributed by atoms with Crippen LogP contribution in [0.15, 0.2) is 34.1 Å². The lowest BCUT2D eigenvalue weighted by Gasteiger charge is -2.39. The lowest BCUT2D eigenvalue weighted by molar-refractivity contribution is 0.0929. The maximum atomic E-state index is 12.4. The molecule has 0 bridgehead atoms. The number of sulfonamides is 1. The summed E-state index contributed by atoms with van der Waals surface area (Å²) in [6.45, 7) is 5.76. The zero-order chi connectivity index (χ0) is 20.5. The Hall–Kier alpha value is -1.42. The SMILES string of the molecule is CC1Cc2sc(Br)cc2C(C)N1CCNC(=O)c1ccc(NS(C)(=O)=O)cc1.